The summed E-state index contributed by atoms with van der Waals surface area (Å²) < 4.78 is 27.6. The van der Waals surface area contributed by atoms with Gasteiger partial charge in [-0.15, -0.1) is 0 Å². The van der Waals surface area contributed by atoms with Gasteiger partial charge in [-0.3, -0.25) is 4.98 Å². The second kappa shape index (κ2) is 9.30. The maximum atomic E-state index is 13.8. The Balaban J connectivity index is 1.44. The highest BCUT2D eigenvalue weighted by molar-refractivity contribution is 9.10. The number of anilines is 1. The minimum Gasteiger partial charge on any atom is -0.409 e. The van der Waals surface area contributed by atoms with E-state index in [9.17, 15) is 14.0 Å². The van der Waals surface area contributed by atoms with Gasteiger partial charge in [0.1, 0.15) is 17.5 Å². The summed E-state index contributed by atoms with van der Waals surface area (Å²) in [5.41, 5.74) is 2.63. The Labute approximate surface area is 188 Å². The van der Waals surface area contributed by atoms with Crippen molar-refractivity contribution in [2.75, 3.05) is 5.32 Å². The monoisotopic (exact) mass is 487 g/mol. The molecule has 0 spiro atoms. The van der Waals surface area contributed by atoms with Gasteiger partial charge in [0, 0.05) is 23.2 Å². The summed E-state index contributed by atoms with van der Waals surface area (Å²) in [6.07, 6.45) is 5.69. The number of oxime groups is 1. The molecular weight excluding hydrogens is 464 g/mol. The van der Waals surface area contributed by atoms with Gasteiger partial charge >= 0.3 is 0 Å². The van der Waals surface area contributed by atoms with Gasteiger partial charge < -0.3 is 10.5 Å². The molecule has 3 aromatic rings. The fourth-order valence-electron chi connectivity index (χ4n) is 4.60. The molecule has 0 saturated heterocycles. The molecule has 0 amide bonds. The van der Waals surface area contributed by atoms with Crippen LogP contribution >= 0.6 is 15.9 Å². The first-order chi connectivity index (χ1) is 15.0. The van der Waals surface area contributed by atoms with Crippen molar-refractivity contribution in [3.05, 3.63) is 70.3 Å². The summed E-state index contributed by atoms with van der Waals surface area (Å²) in [5.74, 6) is 0.601. The molecule has 1 saturated carbocycles. The number of fused-ring (bicyclic) bond motifs is 1. The van der Waals surface area contributed by atoms with Crippen LogP contribution in [0.1, 0.15) is 44.1 Å². The molecule has 31 heavy (non-hydrogen) atoms. The van der Waals surface area contributed by atoms with E-state index in [-0.39, 0.29) is 17.6 Å². The molecule has 7 heteroatoms. The number of nitrogens with one attached hydrogen (secondary N) is 1. The highest BCUT2D eigenvalue weighted by Gasteiger charge is 2.30. The lowest BCUT2D eigenvalue weighted by atomic mass is 9.73. The van der Waals surface area contributed by atoms with E-state index in [1.54, 1.807) is 30.5 Å². The molecule has 1 atom stereocenters. The normalized spacial score (nSPS) is 20.6. The van der Waals surface area contributed by atoms with Crippen molar-refractivity contribution in [1.82, 2.24) is 4.98 Å². The predicted octanol–water partition coefficient (Wildman–Crippen LogP) is 7.09. The van der Waals surface area contributed by atoms with Gasteiger partial charge in [-0.25, -0.2) is 8.78 Å². The minimum absolute atomic E-state index is 0.0152. The number of pyridine rings is 1. The molecule has 1 fully saturated rings. The fourth-order valence-corrected chi connectivity index (χ4v) is 4.98. The lowest BCUT2D eigenvalue weighted by molar-refractivity contribution is 0.273. The number of benzene rings is 2. The summed E-state index contributed by atoms with van der Waals surface area (Å²) in [7, 11) is 0. The van der Waals surface area contributed by atoms with Gasteiger partial charge in [0.2, 0.25) is 0 Å². The molecule has 0 radical (unpaired) electrons. The molecule has 162 valence electrons. The lowest BCUT2D eigenvalue weighted by Gasteiger charge is -2.33. The van der Waals surface area contributed by atoms with Crippen LogP contribution in [-0.2, 0) is 0 Å². The molecule has 0 unspecified atom stereocenters. The second-order valence-corrected chi connectivity index (χ2v) is 9.06. The number of hydrogen-bond acceptors (Lipinski definition) is 3. The van der Waals surface area contributed by atoms with Crippen molar-refractivity contribution in [3.63, 3.8) is 0 Å². The molecule has 4 rings (SSSR count). The number of amidine groups is 1. The zero-order valence-electron chi connectivity index (χ0n) is 17.2. The highest BCUT2D eigenvalue weighted by atomic mass is 79.9. The van der Waals surface area contributed by atoms with Crippen LogP contribution in [-0.4, -0.2) is 16.0 Å². The smallest absolute Gasteiger partial charge is 0.149 e. The Morgan fingerprint density at radius 1 is 1.13 bits per heavy atom. The predicted molar refractivity (Wildman–Crippen MR) is 123 cm³/mol. The molecule has 1 aromatic heterocycles. The Morgan fingerprint density at radius 2 is 1.90 bits per heavy atom. The first-order valence-electron chi connectivity index (χ1n) is 10.4. The van der Waals surface area contributed by atoms with Crippen molar-refractivity contribution in [3.8, 4) is 0 Å². The highest BCUT2D eigenvalue weighted by Crippen LogP contribution is 2.41. The largest absolute Gasteiger partial charge is 0.409 e. The minimum atomic E-state index is -0.345. The van der Waals surface area contributed by atoms with E-state index in [0.717, 1.165) is 42.1 Å². The Morgan fingerprint density at radius 3 is 2.61 bits per heavy atom. The molecule has 1 aliphatic rings. The Kier molecular flexibility index (Phi) is 6.51. The first-order valence-corrected chi connectivity index (χ1v) is 11.2. The summed E-state index contributed by atoms with van der Waals surface area (Å²) in [6.45, 7) is 2.04. The van der Waals surface area contributed by atoms with Gasteiger partial charge in [0.25, 0.3) is 0 Å². The third-order valence-corrected chi connectivity index (χ3v) is 6.99. The molecule has 0 aliphatic heterocycles. The third-order valence-electron chi connectivity index (χ3n) is 6.39. The van der Waals surface area contributed by atoms with Crippen LogP contribution in [0, 0.1) is 23.5 Å². The van der Waals surface area contributed by atoms with E-state index in [4.69, 9.17) is 0 Å². The van der Waals surface area contributed by atoms with Gasteiger partial charge in [0.15, 0.2) is 0 Å². The topological polar surface area (TPSA) is 57.5 Å². The fraction of sp³-hybridized carbons (Fsp3) is 0.333. The Bertz CT molecular complexity index is 1110. The van der Waals surface area contributed by atoms with Crippen LogP contribution in [0.3, 0.4) is 0 Å². The number of aromatic nitrogens is 1. The van der Waals surface area contributed by atoms with Crippen LogP contribution < -0.4 is 5.32 Å². The summed E-state index contributed by atoms with van der Waals surface area (Å²) >= 11 is 3.18. The number of hydrogen-bond donors (Lipinski definition) is 2. The second-order valence-electron chi connectivity index (χ2n) is 8.20. The van der Waals surface area contributed by atoms with Crippen LogP contribution in [0.4, 0.5) is 14.5 Å². The molecule has 1 heterocycles. The van der Waals surface area contributed by atoms with Crippen LogP contribution in [0.2, 0.25) is 0 Å². The van der Waals surface area contributed by atoms with Crippen LogP contribution in [0.5, 0.6) is 0 Å². The van der Waals surface area contributed by atoms with Gasteiger partial charge in [-0.1, -0.05) is 12.1 Å². The number of rotatable bonds is 4. The molecule has 2 N–H and O–H groups in total. The van der Waals surface area contributed by atoms with Gasteiger partial charge in [-0.05, 0) is 101 Å². The first kappa shape index (κ1) is 21.7. The van der Waals surface area contributed by atoms with Crippen molar-refractivity contribution in [1.29, 1.82) is 0 Å². The van der Waals surface area contributed by atoms with Crippen molar-refractivity contribution in [2.24, 2.45) is 17.0 Å². The van der Waals surface area contributed by atoms with Gasteiger partial charge in [0.05, 0.1) is 9.99 Å². The molecular formula is C24H24BrF2N3O. The molecule has 1 aliphatic carbocycles. The van der Waals surface area contributed by atoms with E-state index in [2.05, 4.69) is 31.4 Å². The summed E-state index contributed by atoms with van der Waals surface area (Å²) in [5, 5.41) is 17.1. The van der Waals surface area contributed by atoms with Crippen molar-refractivity contribution >= 4 is 38.4 Å². The van der Waals surface area contributed by atoms with Crippen molar-refractivity contribution in [2.45, 2.75) is 38.5 Å². The molecule has 0 bridgehead atoms. The van der Waals surface area contributed by atoms with Crippen molar-refractivity contribution < 1.29 is 14.0 Å². The van der Waals surface area contributed by atoms with E-state index >= 15 is 0 Å². The third kappa shape index (κ3) is 4.71. The quantitative estimate of drug-likeness (QED) is 0.179. The summed E-state index contributed by atoms with van der Waals surface area (Å²) in [4.78, 5) is 4.36. The SMILES string of the molecule is C[C@@H](/C(=N/O)Nc1ccc(F)c(Br)c1)[C@H]1CC[C@@H](c2ccnc3ccc(F)cc32)CC1. The van der Waals surface area contributed by atoms with Crippen LogP contribution in [0.15, 0.2) is 58.3 Å². The van der Waals surface area contributed by atoms with E-state index < -0.39 is 0 Å². The van der Waals surface area contributed by atoms with Crippen LogP contribution in [0.25, 0.3) is 10.9 Å². The lowest BCUT2D eigenvalue weighted by Crippen LogP contribution is -2.30. The zero-order chi connectivity index (χ0) is 22.0. The Hall–Kier alpha value is -2.54. The van der Waals surface area contributed by atoms with E-state index in [0.29, 0.717) is 27.8 Å². The number of nitrogens with zero attached hydrogens (tertiary/aromatic N) is 2. The summed E-state index contributed by atoms with van der Waals surface area (Å²) in [6, 6.07) is 11.4. The van der Waals surface area contributed by atoms with E-state index in [1.807, 2.05) is 13.0 Å². The van der Waals surface area contributed by atoms with E-state index in [1.165, 1.54) is 12.1 Å². The number of halogens is 3. The molecule has 2 aromatic carbocycles. The average Bonchev–Trinajstić information content (AvgIpc) is 2.79. The molecule has 4 nitrogen and oxygen atoms in total. The van der Waals surface area contributed by atoms with Gasteiger partial charge in [-0.2, -0.15) is 0 Å². The standard InChI is InChI=1S/C24H24BrF2N3O/c1-14(24(30-31)29-18-7-8-22(27)21(25)13-18)15-2-4-16(5-3-15)19-10-11-28-23-9-6-17(26)12-20(19)23/h6-16,31H,2-5H2,1H3,(H,29,30)/t14-,15-,16+/m1/s1. The maximum Gasteiger partial charge on any atom is 0.149 e. The zero-order valence-corrected chi connectivity index (χ0v) is 18.7. The maximum absolute atomic E-state index is 13.8. The average molecular weight is 488 g/mol.